The molecule has 0 radical (unpaired) electrons. The molecule has 1 heterocycles. The van der Waals surface area contributed by atoms with Gasteiger partial charge in [0.1, 0.15) is 12.4 Å². The fourth-order valence-corrected chi connectivity index (χ4v) is 1.72. The molecule has 0 atom stereocenters. The van der Waals surface area contributed by atoms with Crippen molar-refractivity contribution in [2.75, 3.05) is 26.8 Å². The second kappa shape index (κ2) is 5.55. The molecular formula is C9H17N3O3. The minimum atomic E-state index is -0.00420. The number of hydrogen-bond donors (Lipinski definition) is 2. The first-order valence-electron chi connectivity index (χ1n) is 4.93. The molecular weight excluding hydrogens is 198 g/mol. The molecule has 3 N–H and O–H groups in total. The van der Waals surface area contributed by atoms with Crippen molar-refractivity contribution in [3.63, 3.8) is 0 Å². The van der Waals surface area contributed by atoms with Gasteiger partial charge in [0.05, 0.1) is 0 Å². The number of rotatable bonds is 3. The Labute approximate surface area is 88.7 Å². The topological polar surface area (TPSA) is 88.2 Å². The van der Waals surface area contributed by atoms with Crippen LogP contribution in [0.1, 0.15) is 12.8 Å². The number of ether oxygens (including phenoxy) is 1. The zero-order valence-electron chi connectivity index (χ0n) is 8.85. The van der Waals surface area contributed by atoms with E-state index in [9.17, 15) is 4.79 Å². The number of methoxy groups -OCH3 is 1. The van der Waals surface area contributed by atoms with E-state index in [2.05, 4.69) is 5.16 Å². The molecule has 0 aromatic rings. The van der Waals surface area contributed by atoms with E-state index in [-0.39, 0.29) is 24.3 Å². The average Bonchev–Trinajstić information content (AvgIpc) is 2.28. The molecule has 0 aromatic heterocycles. The highest BCUT2D eigenvalue weighted by Crippen LogP contribution is 2.17. The fraction of sp³-hybridized carbons (Fsp3) is 0.778. The molecule has 1 saturated heterocycles. The van der Waals surface area contributed by atoms with Crippen LogP contribution in [0.4, 0.5) is 0 Å². The second-order valence-corrected chi connectivity index (χ2v) is 3.61. The van der Waals surface area contributed by atoms with Gasteiger partial charge in [0, 0.05) is 26.1 Å². The first-order chi connectivity index (χ1) is 7.19. The Kier molecular flexibility index (Phi) is 4.36. The molecule has 86 valence electrons. The molecule has 15 heavy (non-hydrogen) atoms. The van der Waals surface area contributed by atoms with Gasteiger partial charge in [0.2, 0.25) is 5.91 Å². The van der Waals surface area contributed by atoms with E-state index in [4.69, 9.17) is 15.7 Å². The lowest BCUT2D eigenvalue weighted by molar-refractivity contribution is -0.136. The number of piperidine rings is 1. The van der Waals surface area contributed by atoms with Gasteiger partial charge >= 0.3 is 0 Å². The van der Waals surface area contributed by atoms with Gasteiger partial charge in [-0.15, -0.1) is 0 Å². The van der Waals surface area contributed by atoms with Crippen molar-refractivity contribution < 1.29 is 14.7 Å². The van der Waals surface area contributed by atoms with Crippen molar-refractivity contribution in [1.82, 2.24) is 4.90 Å². The summed E-state index contributed by atoms with van der Waals surface area (Å²) in [5.41, 5.74) is 5.50. The number of hydrogen-bond acceptors (Lipinski definition) is 4. The van der Waals surface area contributed by atoms with Crippen molar-refractivity contribution in [3.8, 4) is 0 Å². The minimum absolute atomic E-state index is 0.00420. The third-order valence-corrected chi connectivity index (χ3v) is 2.65. The van der Waals surface area contributed by atoms with E-state index in [1.807, 2.05) is 0 Å². The van der Waals surface area contributed by atoms with Crippen LogP contribution in [0.5, 0.6) is 0 Å². The summed E-state index contributed by atoms with van der Waals surface area (Å²) in [6.07, 6.45) is 1.48. The van der Waals surface area contributed by atoms with Crippen molar-refractivity contribution in [2.24, 2.45) is 16.8 Å². The quantitative estimate of drug-likeness (QED) is 0.291. The molecule has 6 heteroatoms. The zero-order valence-corrected chi connectivity index (χ0v) is 8.85. The molecule has 0 aromatic carbocycles. The number of amides is 1. The number of amidine groups is 1. The van der Waals surface area contributed by atoms with E-state index in [1.165, 1.54) is 7.11 Å². The Morgan fingerprint density at radius 1 is 1.60 bits per heavy atom. The maximum Gasteiger partial charge on any atom is 0.248 e. The molecule has 0 aliphatic carbocycles. The lowest BCUT2D eigenvalue weighted by Gasteiger charge is -2.31. The lowest BCUT2D eigenvalue weighted by Crippen LogP contribution is -2.43. The first kappa shape index (κ1) is 11.8. The van der Waals surface area contributed by atoms with Crippen molar-refractivity contribution in [3.05, 3.63) is 0 Å². The molecule has 6 nitrogen and oxygen atoms in total. The summed E-state index contributed by atoms with van der Waals surface area (Å²) in [5.74, 6) is 0.339. The summed E-state index contributed by atoms with van der Waals surface area (Å²) < 4.78 is 4.77. The predicted molar refractivity (Wildman–Crippen MR) is 54.6 cm³/mol. The Hall–Kier alpha value is -1.30. The average molecular weight is 215 g/mol. The maximum atomic E-state index is 11.4. The van der Waals surface area contributed by atoms with Gasteiger partial charge in [-0.2, -0.15) is 0 Å². The van der Waals surface area contributed by atoms with Crippen LogP contribution < -0.4 is 5.73 Å². The standard InChI is InChI=1S/C9H17N3O3/c1-15-6-8(13)12-4-2-7(3-5-12)9(10)11-14/h7,14H,2-6H2,1H3,(H2,10,11). The zero-order chi connectivity index (χ0) is 11.3. The molecule has 1 amide bonds. The third-order valence-electron chi connectivity index (χ3n) is 2.65. The normalized spacial score (nSPS) is 19.3. The summed E-state index contributed by atoms with van der Waals surface area (Å²) in [4.78, 5) is 13.2. The summed E-state index contributed by atoms with van der Waals surface area (Å²) in [6, 6.07) is 0. The van der Waals surface area contributed by atoms with Gasteiger partial charge in [-0.1, -0.05) is 5.16 Å². The number of carbonyl (C=O) groups is 1. The van der Waals surface area contributed by atoms with Gasteiger partial charge in [0.25, 0.3) is 0 Å². The largest absolute Gasteiger partial charge is 0.409 e. The molecule has 0 unspecified atom stereocenters. The van der Waals surface area contributed by atoms with Crippen LogP contribution in [0, 0.1) is 5.92 Å². The highest BCUT2D eigenvalue weighted by molar-refractivity contribution is 5.83. The van der Waals surface area contributed by atoms with Crippen LogP contribution in [0.3, 0.4) is 0 Å². The van der Waals surface area contributed by atoms with Crippen molar-refractivity contribution in [2.45, 2.75) is 12.8 Å². The Morgan fingerprint density at radius 3 is 2.67 bits per heavy atom. The molecule has 0 bridgehead atoms. The van der Waals surface area contributed by atoms with Crippen LogP contribution >= 0.6 is 0 Å². The number of likely N-dealkylation sites (tertiary alicyclic amines) is 1. The molecule has 0 saturated carbocycles. The molecule has 1 aliphatic heterocycles. The molecule has 0 spiro atoms. The fourth-order valence-electron chi connectivity index (χ4n) is 1.72. The van der Waals surface area contributed by atoms with E-state index >= 15 is 0 Å². The van der Waals surface area contributed by atoms with Crippen LogP contribution in [0.2, 0.25) is 0 Å². The van der Waals surface area contributed by atoms with Crippen molar-refractivity contribution >= 4 is 11.7 Å². The van der Waals surface area contributed by atoms with Gasteiger partial charge in [0.15, 0.2) is 0 Å². The lowest BCUT2D eigenvalue weighted by atomic mass is 9.96. The Morgan fingerprint density at radius 2 is 2.20 bits per heavy atom. The number of nitrogens with zero attached hydrogens (tertiary/aromatic N) is 2. The molecule has 1 fully saturated rings. The monoisotopic (exact) mass is 215 g/mol. The molecule has 1 rings (SSSR count). The van der Waals surface area contributed by atoms with E-state index in [1.54, 1.807) is 4.90 Å². The summed E-state index contributed by atoms with van der Waals surface area (Å²) in [7, 11) is 1.50. The minimum Gasteiger partial charge on any atom is -0.409 e. The van der Waals surface area contributed by atoms with Gasteiger partial charge in [-0.05, 0) is 12.8 Å². The highest BCUT2D eigenvalue weighted by Gasteiger charge is 2.24. The van der Waals surface area contributed by atoms with Crippen LogP contribution in [0.25, 0.3) is 0 Å². The predicted octanol–water partition coefficient (Wildman–Crippen LogP) is -0.382. The number of nitrogens with two attached hydrogens (primary N) is 1. The SMILES string of the molecule is COCC(=O)N1CCC(C(N)=NO)CC1. The highest BCUT2D eigenvalue weighted by atomic mass is 16.5. The first-order valence-corrected chi connectivity index (χ1v) is 4.93. The number of oxime groups is 1. The summed E-state index contributed by atoms with van der Waals surface area (Å²) >= 11 is 0. The summed E-state index contributed by atoms with van der Waals surface area (Å²) in [6.45, 7) is 1.40. The van der Waals surface area contributed by atoms with E-state index < -0.39 is 0 Å². The van der Waals surface area contributed by atoms with Crippen LogP contribution in [0.15, 0.2) is 5.16 Å². The summed E-state index contributed by atoms with van der Waals surface area (Å²) in [5, 5.41) is 11.5. The maximum absolute atomic E-state index is 11.4. The smallest absolute Gasteiger partial charge is 0.248 e. The van der Waals surface area contributed by atoms with Gasteiger partial charge in [-0.3, -0.25) is 4.79 Å². The van der Waals surface area contributed by atoms with Gasteiger partial charge in [-0.25, -0.2) is 0 Å². The number of carbonyl (C=O) groups excluding carboxylic acids is 1. The van der Waals surface area contributed by atoms with Crippen molar-refractivity contribution in [1.29, 1.82) is 0 Å². The van der Waals surface area contributed by atoms with E-state index in [0.29, 0.717) is 13.1 Å². The Balaban J connectivity index is 2.39. The molecule has 1 aliphatic rings. The van der Waals surface area contributed by atoms with Crippen LogP contribution in [-0.4, -0.2) is 48.7 Å². The second-order valence-electron chi connectivity index (χ2n) is 3.61. The third kappa shape index (κ3) is 3.09. The Bertz CT molecular complexity index is 247. The van der Waals surface area contributed by atoms with Crippen LogP contribution in [-0.2, 0) is 9.53 Å². The van der Waals surface area contributed by atoms with E-state index in [0.717, 1.165) is 12.8 Å². The van der Waals surface area contributed by atoms with Gasteiger partial charge < -0.3 is 20.6 Å².